The van der Waals surface area contributed by atoms with Gasteiger partial charge in [0.15, 0.2) is 6.61 Å². The molecule has 2 aromatic carbocycles. The van der Waals surface area contributed by atoms with E-state index in [0.717, 1.165) is 6.42 Å². The van der Waals surface area contributed by atoms with Gasteiger partial charge in [-0.25, -0.2) is 0 Å². The van der Waals surface area contributed by atoms with E-state index in [0.29, 0.717) is 39.3 Å². The molecule has 0 fully saturated rings. The zero-order valence-corrected chi connectivity index (χ0v) is 20.3. The second-order valence-corrected chi connectivity index (χ2v) is 8.46. The molecule has 0 aliphatic heterocycles. The third-order valence-electron chi connectivity index (χ3n) is 4.57. The van der Waals surface area contributed by atoms with Crippen molar-refractivity contribution in [2.45, 2.75) is 39.3 Å². The molecule has 5 nitrogen and oxygen atoms in total. The molecule has 2 amide bonds. The quantitative estimate of drug-likeness (QED) is 0.430. The van der Waals surface area contributed by atoms with Crippen molar-refractivity contribution in [2.75, 3.05) is 13.2 Å². The van der Waals surface area contributed by atoms with Crippen LogP contribution in [0.5, 0.6) is 5.75 Å². The van der Waals surface area contributed by atoms with Crippen molar-refractivity contribution in [1.29, 1.82) is 0 Å². The van der Waals surface area contributed by atoms with Crippen LogP contribution in [-0.2, 0) is 16.1 Å². The monoisotopic (exact) mass is 504 g/mol. The molecule has 0 heterocycles. The van der Waals surface area contributed by atoms with Gasteiger partial charge < -0.3 is 15.0 Å². The van der Waals surface area contributed by atoms with E-state index in [1.165, 1.54) is 11.0 Å². The van der Waals surface area contributed by atoms with E-state index in [9.17, 15) is 9.59 Å². The molecule has 1 atom stereocenters. The molecule has 0 radical (unpaired) electrons. The van der Waals surface area contributed by atoms with Gasteiger partial charge in [0.2, 0.25) is 5.91 Å². The molecule has 0 aliphatic rings. The molecule has 31 heavy (non-hydrogen) atoms. The van der Waals surface area contributed by atoms with E-state index in [1.54, 1.807) is 30.3 Å². The molecule has 1 unspecified atom stereocenters. The van der Waals surface area contributed by atoms with Gasteiger partial charge in [0.05, 0.1) is 5.02 Å². The van der Waals surface area contributed by atoms with Gasteiger partial charge in [-0.2, -0.15) is 0 Å². The van der Waals surface area contributed by atoms with Crippen molar-refractivity contribution in [3.05, 3.63) is 62.1 Å². The number of nitrogens with one attached hydrogen (secondary N) is 1. The summed E-state index contributed by atoms with van der Waals surface area (Å²) in [6.45, 7) is 4.05. The molecule has 0 aliphatic carbocycles. The fourth-order valence-electron chi connectivity index (χ4n) is 2.95. The Bertz CT molecular complexity index is 903. The SMILES string of the molecule is CCCNC(=O)C(CC)N(Cc1c(Cl)cccc1Cl)C(=O)COc1ccc(Cl)cc1Cl. The highest BCUT2D eigenvalue weighted by molar-refractivity contribution is 6.36. The van der Waals surface area contributed by atoms with Crippen LogP contribution in [0, 0.1) is 0 Å². The van der Waals surface area contributed by atoms with Crippen LogP contribution in [0.15, 0.2) is 36.4 Å². The summed E-state index contributed by atoms with van der Waals surface area (Å²) in [6.07, 6.45) is 1.19. The Morgan fingerprint density at radius 2 is 1.71 bits per heavy atom. The van der Waals surface area contributed by atoms with Crippen LogP contribution in [0.25, 0.3) is 0 Å². The van der Waals surface area contributed by atoms with E-state index >= 15 is 0 Å². The van der Waals surface area contributed by atoms with Gasteiger partial charge in [0.1, 0.15) is 11.8 Å². The van der Waals surface area contributed by atoms with Crippen LogP contribution in [0.1, 0.15) is 32.3 Å². The highest BCUT2D eigenvalue weighted by Crippen LogP contribution is 2.29. The predicted octanol–water partition coefficient (Wildman–Crippen LogP) is 6.01. The van der Waals surface area contributed by atoms with E-state index in [4.69, 9.17) is 51.1 Å². The van der Waals surface area contributed by atoms with Gasteiger partial charge in [-0.3, -0.25) is 9.59 Å². The molecule has 0 saturated heterocycles. The standard InChI is InChI=1S/C22H24Cl4N2O3/c1-3-10-27-22(30)19(4-2)28(12-15-16(24)6-5-7-17(15)25)21(29)13-31-20-9-8-14(23)11-18(20)26/h5-9,11,19H,3-4,10,12-13H2,1-2H3,(H,27,30). The maximum absolute atomic E-state index is 13.2. The highest BCUT2D eigenvalue weighted by atomic mass is 35.5. The van der Waals surface area contributed by atoms with Gasteiger partial charge in [-0.1, -0.05) is 66.3 Å². The number of hydrogen-bond acceptors (Lipinski definition) is 3. The van der Waals surface area contributed by atoms with Crippen LogP contribution in [0.3, 0.4) is 0 Å². The van der Waals surface area contributed by atoms with Crippen molar-refractivity contribution in [3.8, 4) is 5.75 Å². The first kappa shape index (κ1) is 25.6. The Morgan fingerprint density at radius 1 is 1.03 bits per heavy atom. The normalized spacial score (nSPS) is 11.7. The average Bonchev–Trinajstić information content (AvgIpc) is 2.73. The van der Waals surface area contributed by atoms with Crippen molar-refractivity contribution in [3.63, 3.8) is 0 Å². The number of rotatable bonds is 10. The summed E-state index contributed by atoms with van der Waals surface area (Å²) in [4.78, 5) is 27.4. The molecule has 2 aromatic rings. The smallest absolute Gasteiger partial charge is 0.261 e. The summed E-state index contributed by atoms with van der Waals surface area (Å²) in [5, 5.41) is 4.41. The Kier molecular flexibility index (Phi) is 10.2. The number of carbonyl (C=O) groups is 2. The first-order chi connectivity index (χ1) is 14.8. The summed E-state index contributed by atoms with van der Waals surface area (Å²) < 4.78 is 5.61. The van der Waals surface area contributed by atoms with Crippen molar-refractivity contribution in [2.24, 2.45) is 0 Å². The van der Waals surface area contributed by atoms with Gasteiger partial charge in [0, 0.05) is 33.7 Å². The van der Waals surface area contributed by atoms with E-state index in [2.05, 4.69) is 5.32 Å². The molecule has 0 aromatic heterocycles. The van der Waals surface area contributed by atoms with Crippen molar-refractivity contribution >= 4 is 58.2 Å². The number of nitrogens with zero attached hydrogens (tertiary/aromatic N) is 1. The number of benzene rings is 2. The Labute approximate surface area is 202 Å². The van der Waals surface area contributed by atoms with Crippen LogP contribution < -0.4 is 10.1 Å². The first-order valence-electron chi connectivity index (χ1n) is 9.86. The lowest BCUT2D eigenvalue weighted by atomic mass is 10.1. The van der Waals surface area contributed by atoms with Crippen LogP contribution >= 0.6 is 46.4 Å². The van der Waals surface area contributed by atoms with Crippen molar-refractivity contribution < 1.29 is 14.3 Å². The Balaban J connectivity index is 2.28. The average molecular weight is 506 g/mol. The molecular weight excluding hydrogens is 482 g/mol. The van der Waals surface area contributed by atoms with Gasteiger partial charge in [-0.05, 0) is 43.2 Å². The molecule has 1 N–H and O–H groups in total. The topological polar surface area (TPSA) is 58.6 Å². The second-order valence-electron chi connectivity index (χ2n) is 6.80. The van der Waals surface area contributed by atoms with Gasteiger partial charge in [0.25, 0.3) is 5.91 Å². The molecule has 9 heteroatoms. The number of ether oxygens (including phenoxy) is 1. The zero-order valence-electron chi connectivity index (χ0n) is 17.3. The number of amides is 2. The van der Waals surface area contributed by atoms with Crippen molar-refractivity contribution in [1.82, 2.24) is 10.2 Å². The number of hydrogen-bond donors (Lipinski definition) is 1. The highest BCUT2D eigenvalue weighted by Gasteiger charge is 2.30. The van der Waals surface area contributed by atoms with E-state index in [-0.39, 0.29) is 24.1 Å². The Morgan fingerprint density at radius 3 is 2.29 bits per heavy atom. The Hall–Kier alpha value is -1.66. The first-order valence-corrected chi connectivity index (χ1v) is 11.4. The largest absolute Gasteiger partial charge is 0.482 e. The summed E-state index contributed by atoms with van der Waals surface area (Å²) in [6, 6.07) is 9.10. The predicted molar refractivity (Wildman–Crippen MR) is 126 cm³/mol. The fraction of sp³-hybridized carbons (Fsp3) is 0.364. The van der Waals surface area contributed by atoms with Crippen LogP contribution in [0.4, 0.5) is 0 Å². The molecular formula is C22H24Cl4N2O3. The minimum atomic E-state index is -0.712. The number of carbonyl (C=O) groups excluding carboxylic acids is 2. The fourth-order valence-corrected chi connectivity index (χ4v) is 3.93. The summed E-state index contributed by atoms with van der Waals surface area (Å²) >= 11 is 24.7. The lowest BCUT2D eigenvalue weighted by Gasteiger charge is -2.31. The van der Waals surface area contributed by atoms with Gasteiger partial charge >= 0.3 is 0 Å². The molecule has 0 saturated carbocycles. The maximum atomic E-state index is 13.2. The van der Waals surface area contributed by atoms with Gasteiger partial charge in [-0.15, -0.1) is 0 Å². The third-order valence-corrected chi connectivity index (χ3v) is 5.81. The van der Waals surface area contributed by atoms with Crippen LogP contribution in [0.2, 0.25) is 20.1 Å². The summed E-state index contributed by atoms with van der Waals surface area (Å²) in [5.74, 6) is -0.329. The third kappa shape index (κ3) is 7.18. The lowest BCUT2D eigenvalue weighted by Crippen LogP contribution is -2.50. The summed E-state index contributed by atoms with van der Waals surface area (Å²) in [7, 11) is 0. The van der Waals surface area contributed by atoms with E-state index < -0.39 is 11.9 Å². The zero-order chi connectivity index (χ0) is 23.0. The minimum absolute atomic E-state index is 0.0626. The maximum Gasteiger partial charge on any atom is 0.261 e. The number of halogens is 4. The van der Waals surface area contributed by atoms with E-state index in [1.807, 2.05) is 13.8 Å². The summed E-state index contributed by atoms with van der Waals surface area (Å²) in [5.41, 5.74) is 0.561. The molecule has 0 bridgehead atoms. The molecule has 168 valence electrons. The molecule has 0 spiro atoms. The second kappa shape index (κ2) is 12.4. The molecule has 2 rings (SSSR count). The lowest BCUT2D eigenvalue weighted by molar-refractivity contribution is -0.143. The minimum Gasteiger partial charge on any atom is -0.482 e. The van der Waals surface area contributed by atoms with Crippen LogP contribution in [-0.4, -0.2) is 35.9 Å².